The third-order valence-corrected chi connectivity index (χ3v) is 0. The Morgan fingerprint density at radius 2 is 1.60 bits per heavy atom. The molecule has 2 N–H and O–H groups in total. The van der Waals surface area contributed by atoms with Crippen LogP contribution in [0.1, 0.15) is 0 Å². The molecule has 0 aliphatic carbocycles. The summed E-state index contributed by atoms with van der Waals surface area (Å²) in [6.45, 7) is 0. The zero-order valence-electron chi connectivity index (χ0n) is 1.83. The maximum atomic E-state index is 7.10. The van der Waals surface area contributed by atoms with E-state index >= 15 is 0 Å². The molecule has 4 heteroatoms. The summed E-state index contributed by atoms with van der Waals surface area (Å²) in [5.74, 6) is 0. The van der Waals surface area contributed by atoms with Gasteiger partial charge in [-0.25, -0.2) is 0 Å². The summed E-state index contributed by atoms with van der Waals surface area (Å²) >= 11 is 0. The van der Waals surface area contributed by atoms with Gasteiger partial charge in [-0.1, -0.05) is 0 Å². The van der Waals surface area contributed by atoms with E-state index in [2.05, 4.69) is 5.73 Å². The summed E-state index contributed by atoms with van der Waals surface area (Å²) in [7, 11) is 0. The minimum atomic E-state index is 0. The second-order valence-electron chi connectivity index (χ2n) is 0.129. The fourth-order valence-corrected chi connectivity index (χ4v) is 0. The van der Waals surface area contributed by atoms with Crippen LogP contribution in [0.15, 0.2) is 0 Å². The van der Waals surface area contributed by atoms with Crippen LogP contribution in [0.5, 0.6) is 0 Å². The third-order valence-electron chi connectivity index (χ3n) is 0. The summed E-state index contributed by atoms with van der Waals surface area (Å²) in [6.07, 6.45) is 1.25. The molecule has 0 unspecified atom stereocenters. The first-order chi connectivity index (χ1) is 1.41. The van der Waals surface area contributed by atoms with E-state index in [4.69, 9.17) is 5.26 Å². The van der Waals surface area contributed by atoms with E-state index in [1.807, 2.05) is 0 Å². The van der Waals surface area contributed by atoms with E-state index in [0.29, 0.717) is 0 Å². The van der Waals surface area contributed by atoms with Crippen molar-refractivity contribution < 1.29 is 17.1 Å². The fourth-order valence-electron chi connectivity index (χ4n) is 0. The predicted octanol–water partition coefficient (Wildman–Crippen LogP) is -1.22. The molecule has 5 heavy (non-hydrogen) atoms. The van der Waals surface area contributed by atoms with E-state index in [1.165, 1.54) is 6.19 Å². The van der Waals surface area contributed by atoms with Crippen molar-refractivity contribution in [2.24, 2.45) is 5.73 Å². The van der Waals surface area contributed by atoms with Crippen LogP contribution in [-0.4, -0.2) is 51.4 Å². The van der Waals surface area contributed by atoms with Gasteiger partial charge in [0.05, 0.1) is 0 Å². The van der Waals surface area contributed by atoms with Crippen LogP contribution in [-0.2, 0) is 17.1 Å². The van der Waals surface area contributed by atoms with Crippen molar-refractivity contribution in [2.75, 3.05) is 0 Å². The molecular weight excluding hydrogens is 143 g/mol. The second kappa shape index (κ2) is 18.0. The van der Waals surface area contributed by atoms with Crippen LogP contribution in [0.2, 0.25) is 0 Å². The molecular formula is CH3CuKN2. The summed E-state index contributed by atoms with van der Waals surface area (Å²) in [4.78, 5) is 0. The van der Waals surface area contributed by atoms with Gasteiger partial charge in [0, 0.05) is 17.1 Å². The second-order valence-corrected chi connectivity index (χ2v) is 0.129. The number of nitriles is 1. The molecule has 0 aromatic carbocycles. The number of rotatable bonds is 0. The fraction of sp³-hybridized carbons (Fsp3) is 0. The Hall–Kier alpha value is 1.45. The van der Waals surface area contributed by atoms with Gasteiger partial charge in [-0.05, 0) is 0 Å². The van der Waals surface area contributed by atoms with E-state index in [1.54, 1.807) is 0 Å². The zero-order chi connectivity index (χ0) is 2.71. The van der Waals surface area contributed by atoms with Crippen molar-refractivity contribution in [1.82, 2.24) is 0 Å². The first-order valence-electron chi connectivity index (χ1n) is 0.512. The minimum absolute atomic E-state index is 0. The SMILES string of the molecule is N#CN.[Cu].[KH]. The summed E-state index contributed by atoms with van der Waals surface area (Å²) in [5.41, 5.74) is 4.15. The van der Waals surface area contributed by atoms with Crippen molar-refractivity contribution >= 4 is 51.4 Å². The Morgan fingerprint density at radius 3 is 1.60 bits per heavy atom. The van der Waals surface area contributed by atoms with Gasteiger partial charge in [-0.2, -0.15) is 5.26 Å². The molecule has 0 saturated carbocycles. The molecule has 1 radical (unpaired) electrons. The molecule has 0 aliphatic heterocycles. The Labute approximate surface area is 84.0 Å². The predicted molar refractivity (Wildman–Crippen MR) is 16.9 cm³/mol. The summed E-state index contributed by atoms with van der Waals surface area (Å²) in [6, 6.07) is 0. The van der Waals surface area contributed by atoms with Crippen molar-refractivity contribution in [3.63, 3.8) is 0 Å². The number of hydrogen-bond acceptors (Lipinski definition) is 2. The number of nitrogens with zero attached hydrogens (tertiary/aromatic N) is 1. The van der Waals surface area contributed by atoms with Crippen LogP contribution in [0, 0.1) is 11.5 Å². The zero-order valence-corrected chi connectivity index (χ0v) is 2.77. The monoisotopic (exact) mass is 145 g/mol. The van der Waals surface area contributed by atoms with E-state index in [0.717, 1.165) is 0 Å². The molecule has 0 heterocycles. The quantitative estimate of drug-likeness (QED) is 0.264. The molecule has 0 spiro atoms. The van der Waals surface area contributed by atoms with E-state index < -0.39 is 0 Å². The van der Waals surface area contributed by atoms with Gasteiger partial charge in [0.25, 0.3) is 0 Å². The van der Waals surface area contributed by atoms with Crippen molar-refractivity contribution in [3.8, 4) is 6.19 Å². The van der Waals surface area contributed by atoms with Crippen molar-refractivity contribution in [1.29, 1.82) is 5.26 Å². The van der Waals surface area contributed by atoms with Crippen LogP contribution in [0.25, 0.3) is 0 Å². The van der Waals surface area contributed by atoms with Crippen molar-refractivity contribution in [2.45, 2.75) is 0 Å². The summed E-state index contributed by atoms with van der Waals surface area (Å²) < 4.78 is 0. The first kappa shape index (κ1) is 16.1. The molecule has 0 rings (SSSR count). The van der Waals surface area contributed by atoms with Crippen LogP contribution in [0.3, 0.4) is 0 Å². The molecule has 0 aliphatic rings. The molecule has 0 saturated heterocycles. The molecule has 29 valence electrons. The van der Waals surface area contributed by atoms with Gasteiger partial charge in [0.1, 0.15) is 0 Å². The van der Waals surface area contributed by atoms with Crippen LogP contribution in [0.4, 0.5) is 0 Å². The van der Waals surface area contributed by atoms with Crippen molar-refractivity contribution in [3.05, 3.63) is 0 Å². The molecule has 0 amide bonds. The van der Waals surface area contributed by atoms with Crippen LogP contribution >= 0.6 is 0 Å². The molecule has 0 aromatic heterocycles. The average Bonchev–Trinajstić information content (AvgIpc) is 0.918. The number of nitrogens with two attached hydrogens (primary N) is 1. The Morgan fingerprint density at radius 1 is 1.60 bits per heavy atom. The van der Waals surface area contributed by atoms with Gasteiger partial charge in [-0.15, -0.1) is 0 Å². The van der Waals surface area contributed by atoms with Gasteiger partial charge >= 0.3 is 51.4 Å². The Kier molecular flexibility index (Phi) is 57.9. The molecule has 0 bridgehead atoms. The number of hydrogen-bond donors (Lipinski definition) is 1. The Balaban J connectivity index is -0.0000000200. The molecule has 2 nitrogen and oxygen atoms in total. The average molecular weight is 146 g/mol. The van der Waals surface area contributed by atoms with Gasteiger partial charge in [0.2, 0.25) is 0 Å². The van der Waals surface area contributed by atoms with Gasteiger partial charge in [0.15, 0.2) is 6.19 Å². The van der Waals surface area contributed by atoms with Crippen LogP contribution < -0.4 is 5.73 Å². The first-order valence-corrected chi connectivity index (χ1v) is 0.512. The topological polar surface area (TPSA) is 49.8 Å². The normalized spacial score (nSPS) is 1.40. The molecule has 0 atom stereocenters. The summed E-state index contributed by atoms with van der Waals surface area (Å²) in [5, 5.41) is 7.10. The maximum absolute atomic E-state index is 7.10. The van der Waals surface area contributed by atoms with Gasteiger partial charge in [-0.3, -0.25) is 0 Å². The third kappa shape index (κ3) is 30.9. The Bertz CT molecular complexity index is 31.1. The van der Waals surface area contributed by atoms with Gasteiger partial charge < -0.3 is 5.73 Å². The molecule has 0 aromatic rings. The van der Waals surface area contributed by atoms with E-state index in [9.17, 15) is 0 Å². The molecule has 0 fully saturated rings. The standard InChI is InChI=1S/CH2N2.Cu.K.H/c2-1-3;;;/h2H2;;;. The van der Waals surface area contributed by atoms with E-state index in [-0.39, 0.29) is 68.5 Å².